The third-order valence-corrected chi connectivity index (χ3v) is 2.46. The molecular weight excluding hydrogens is 274 g/mol. The van der Waals surface area contributed by atoms with Crippen LogP contribution in [0.1, 0.15) is 11.7 Å². The number of rotatable bonds is 5. The lowest BCUT2D eigenvalue weighted by molar-refractivity contribution is -0.385. The number of aryl methyl sites for hydroxylation is 1. The lowest BCUT2D eigenvalue weighted by Crippen LogP contribution is -2.09. The molecule has 0 radical (unpaired) electrons. The summed E-state index contributed by atoms with van der Waals surface area (Å²) in [4.78, 5) is 13.5. The number of nitrogens with zero attached hydrogens (tertiary/aromatic N) is 3. The monoisotopic (exact) mass is 284 g/mol. The van der Waals surface area contributed by atoms with Gasteiger partial charge in [-0.15, -0.1) is 0 Å². The smallest absolute Gasteiger partial charge is 0.275 e. The van der Waals surface area contributed by atoms with Crippen molar-refractivity contribution in [2.45, 2.75) is 13.3 Å². The number of nitro benzene ring substituents is 1. The van der Waals surface area contributed by atoms with Gasteiger partial charge in [-0.2, -0.15) is 4.98 Å². The molecule has 0 saturated carbocycles. The molecule has 1 N–H and O–H groups in total. The maximum absolute atomic E-state index is 13.5. The van der Waals surface area contributed by atoms with Gasteiger partial charge in [0.05, 0.1) is 17.1 Å². The van der Waals surface area contributed by atoms with Gasteiger partial charge in [0.15, 0.2) is 17.5 Å². The second-order valence-corrected chi connectivity index (χ2v) is 3.95. The van der Waals surface area contributed by atoms with Gasteiger partial charge in [0.2, 0.25) is 5.89 Å². The summed E-state index contributed by atoms with van der Waals surface area (Å²) in [6.07, 6.45) is 0.299. The van der Waals surface area contributed by atoms with E-state index in [1.54, 1.807) is 6.92 Å². The molecule has 0 bridgehead atoms. The van der Waals surface area contributed by atoms with Crippen LogP contribution >= 0.6 is 0 Å². The highest BCUT2D eigenvalue weighted by atomic mass is 19.1. The molecule has 7 nitrogen and oxygen atoms in total. The van der Waals surface area contributed by atoms with Crippen molar-refractivity contribution in [2.24, 2.45) is 0 Å². The average Bonchev–Trinajstić information content (AvgIpc) is 2.78. The molecule has 106 valence electrons. The molecular formula is C11H10F2N4O3. The summed E-state index contributed by atoms with van der Waals surface area (Å²) in [5, 5.41) is 16.6. The molecule has 1 heterocycles. The van der Waals surface area contributed by atoms with E-state index in [-0.39, 0.29) is 6.54 Å². The molecule has 0 atom stereocenters. The van der Waals surface area contributed by atoms with Crippen LogP contribution < -0.4 is 5.32 Å². The van der Waals surface area contributed by atoms with Crippen LogP contribution in [0, 0.1) is 28.7 Å². The summed E-state index contributed by atoms with van der Waals surface area (Å²) >= 11 is 0. The standard InChI is InChI=1S/C11H10F2N4O3/c1-6-15-10(16-20-6)2-3-14-11-8(12)4-7(17(18)19)5-9(11)13/h4-5,14H,2-3H2,1H3. The molecule has 0 unspecified atom stereocenters. The summed E-state index contributed by atoms with van der Waals surface area (Å²) in [7, 11) is 0. The minimum Gasteiger partial charge on any atom is -0.380 e. The lowest BCUT2D eigenvalue weighted by atomic mass is 10.2. The van der Waals surface area contributed by atoms with Crippen LogP contribution in [-0.2, 0) is 6.42 Å². The highest BCUT2D eigenvalue weighted by Crippen LogP contribution is 2.24. The first kappa shape index (κ1) is 13.8. The average molecular weight is 284 g/mol. The number of aromatic nitrogens is 2. The zero-order valence-corrected chi connectivity index (χ0v) is 10.4. The van der Waals surface area contributed by atoms with Crippen LogP contribution in [0.3, 0.4) is 0 Å². The largest absolute Gasteiger partial charge is 0.380 e. The Morgan fingerprint density at radius 1 is 1.40 bits per heavy atom. The van der Waals surface area contributed by atoms with Gasteiger partial charge < -0.3 is 9.84 Å². The Morgan fingerprint density at radius 3 is 2.55 bits per heavy atom. The van der Waals surface area contributed by atoms with Crippen molar-refractivity contribution in [1.29, 1.82) is 0 Å². The fourth-order valence-corrected chi connectivity index (χ4v) is 1.58. The number of hydrogen-bond donors (Lipinski definition) is 1. The Morgan fingerprint density at radius 2 is 2.05 bits per heavy atom. The Balaban J connectivity index is 2.04. The minimum absolute atomic E-state index is 0.157. The van der Waals surface area contributed by atoms with Gasteiger partial charge in [-0.3, -0.25) is 10.1 Å². The van der Waals surface area contributed by atoms with E-state index in [0.717, 1.165) is 0 Å². The second-order valence-electron chi connectivity index (χ2n) is 3.95. The van der Waals surface area contributed by atoms with E-state index in [1.807, 2.05) is 0 Å². The van der Waals surface area contributed by atoms with Crippen LogP contribution in [-0.4, -0.2) is 21.6 Å². The molecule has 0 amide bonds. The van der Waals surface area contributed by atoms with Crippen LogP contribution in [0.2, 0.25) is 0 Å². The number of nitrogens with one attached hydrogen (secondary N) is 1. The van der Waals surface area contributed by atoms with Gasteiger partial charge in [0, 0.05) is 19.9 Å². The van der Waals surface area contributed by atoms with Gasteiger partial charge in [0.1, 0.15) is 5.69 Å². The van der Waals surface area contributed by atoms with E-state index in [4.69, 9.17) is 4.52 Å². The van der Waals surface area contributed by atoms with Gasteiger partial charge in [0.25, 0.3) is 5.69 Å². The molecule has 1 aromatic carbocycles. The van der Waals surface area contributed by atoms with E-state index < -0.39 is 27.9 Å². The minimum atomic E-state index is -1.03. The molecule has 0 aliphatic rings. The molecule has 20 heavy (non-hydrogen) atoms. The highest BCUT2D eigenvalue weighted by molar-refractivity contribution is 5.51. The number of non-ortho nitro benzene ring substituents is 1. The fraction of sp³-hybridized carbons (Fsp3) is 0.273. The Hall–Kier alpha value is -2.58. The van der Waals surface area contributed by atoms with Gasteiger partial charge >= 0.3 is 0 Å². The Bertz CT molecular complexity index is 621. The molecule has 0 aliphatic heterocycles. The molecule has 0 aliphatic carbocycles. The number of anilines is 1. The van der Waals surface area contributed by atoms with Crippen molar-refractivity contribution in [3.05, 3.63) is 45.6 Å². The van der Waals surface area contributed by atoms with Crippen molar-refractivity contribution < 1.29 is 18.2 Å². The molecule has 2 aromatic rings. The number of nitro groups is 1. The van der Waals surface area contributed by atoms with Crippen LogP contribution in [0.25, 0.3) is 0 Å². The third kappa shape index (κ3) is 3.05. The fourth-order valence-electron chi connectivity index (χ4n) is 1.58. The summed E-state index contributed by atoms with van der Waals surface area (Å²) in [5.41, 5.74) is -1.06. The second kappa shape index (κ2) is 5.59. The quantitative estimate of drug-likeness (QED) is 0.668. The third-order valence-electron chi connectivity index (χ3n) is 2.46. The topological polar surface area (TPSA) is 94.1 Å². The molecule has 0 spiro atoms. The van der Waals surface area contributed by atoms with Gasteiger partial charge in [-0.25, -0.2) is 8.78 Å². The first-order valence-corrected chi connectivity index (χ1v) is 5.64. The summed E-state index contributed by atoms with van der Waals surface area (Å²) < 4.78 is 31.8. The maximum Gasteiger partial charge on any atom is 0.275 e. The van der Waals surface area contributed by atoms with Crippen molar-refractivity contribution in [1.82, 2.24) is 10.1 Å². The van der Waals surface area contributed by atoms with E-state index >= 15 is 0 Å². The van der Waals surface area contributed by atoms with Gasteiger partial charge in [-0.05, 0) is 0 Å². The molecule has 1 aromatic heterocycles. The summed E-state index contributed by atoms with van der Waals surface area (Å²) in [5.74, 6) is -1.26. The Labute approximate surface area is 111 Å². The number of hydrogen-bond acceptors (Lipinski definition) is 6. The van der Waals surface area contributed by atoms with Crippen molar-refractivity contribution >= 4 is 11.4 Å². The zero-order chi connectivity index (χ0) is 14.7. The lowest BCUT2D eigenvalue weighted by Gasteiger charge is -2.07. The van der Waals surface area contributed by atoms with E-state index in [0.29, 0.717) is 30.3 Å². The van der Waals surface area contributed by atoms with Crippen LogP contribution in [0.15, 0.2) is 16.7 Å². The predicted octanol–water partition coefficient (Wildman–Crippen LogP) is 2.22. The predicted molar refractivity (Wildman–Crippen MR) is 64.2 cm³/mol. The van der Waals surface area contributed by atoms with Crippen LogP contribution in [0.5, 0.6) is 0 Å². The zero-order valence-electron chi connectivity index (χ0n) is 10.4. The van der Waals surface area contributed by atoms with Gasteiger partial charge in [-0.1, -0.05) is 5.16 Å². The first-order valence-electron chi connectivity index (χ1n) is 5.64. The van der Waals surface area contributed by atoms with E-state index in [1.165, 1.54) is 0 Å². The highest BCUT2D eigenvalue weighted by Gasteiger charge is 2.16. The Kier molecular flexibility index (Phi) is 3.87. The van der Waals surface area contributed by atoms with E-state index in [2.05, 4.69) is 15.5 Å². The number of halogens is 2. The number of benzene rings is 1. The van der Waals surface area contributed by atoms with Crippen molar-refractivity contribution in [3.8, 4) is 0 Å². The first-order chi connectivity index (χ1) is 9.47. The van der Waals surface area contributed by atoms with E-state index in [9.17, 15) is 18.9 Å². The molecule has 9 heteroatoms. The molecule has 0 saturated heterocycles. The van der Waals surface area contributed by atoms with Crippen molar-refractivity contribution in [2.75, 3.05) is 11.9 Å². The van der Waals surface area contributed by atoms with Crippen molar-refractivity contribution in [3.63, 3.8) is 0 Å². The maximum atomic E-state index is 13.5. The summed E-state index contributed by atoms with van der Waals surface area (Å²) in [6.45, 7) is 1.78. The summed E-state index contributed by atoms with van der Waals surface area (Å²) in [6, 6.07) is 1.31. The SMILES string of the molecule is Cc1nc(CCNc2c(F)cc([N+](=O)[O-])cc2F)no1. The van der Waals surface area contributed by atoms with Crippen LogP contribution in [0.4, 0.5) is 20.2 Å². The normalized spacial score (nSPS) is 10.6. The molecule has 2 rings (SSSR count). The molecule has 0 fully saturated rings.